The molecule has 0 saturated carbocycles. The molecule has 2 unspecified atom stereocenters. The second-order valence-corrected chi connectivity index (χ2v) is 8.04. The van der Waals surface area contributed by atoms with Gasteiger partial charge >= 0.3 is 0 Å². The number of halogens is 2. The summed E-state index contributed by atoms with van der Waals surface area (Å²) in [5, 5.41) is 0. The molecule has 1 aliphatic carbocycles. The molecule has 2 atom stereocenters. The molecule has 0 spiro atoms. The van der Waals surface area contributed by atoms with Crippen molar-refractivity contribution in [2.45, 2.75) is 44.1 Å². The zero-order valence-corrected chi connectivity index (χ0v) is 15.4. The fraction of sp³-hybridized carbons (Fsp3) is 0.455. The van der Waals surface area contributed by atoms with Gasteiger partial charge in [-0.05, 0) is 63.2 Å². The first-order valence-corrected chi connectivity index (χ1v) is 9.69. The Bertz CT molecular complexity index is 894. The molecular weight excluding hydrogens is 348 g/mol. The van der Waals surface area contributed by atoms with Gasteiger partial charge in [0.2, 0.25) is 6.79 Å². The van der Waals surface area contributed by atoms with Crippen LogP contribution in [-0.2, 0) is 12.0 Å². The van der Waals surface area contributed by atoms with Gasteiger partial charge in [-0.1, -0.05) is 18.2 Å². The minimum atomic E-state index is -0.484. The summed E-state index contributed by atoms with van der Waals surface area (Å²) >= 11 is 0. The van der Waals surface area contributed by atoms with Gasteiger partial charge in [-0.25, -0.2) is 8.78 Å². The van der Waals surface area contributed by atoms with Crippen molar-refractivity contribution in [2.75, 3.05) is 19.9 Å². The lowest BCUT2D eigenvalue weighted by atomic mass is 9.69. The van der Waals surface area contributed by atoms with Gasteiger partial charge < -0.3 is 9.47 Å². The number of hydrogen-bond donors (Lipinski definition) is 0. The molecule has 1 fully saturated rings. The Kier molecular flexibility index (Phi) is 3.90. The summed E-state index contributed by atoms with van der Waals surface area (Å²) in [7, 11) is 0. The number of fused-ring (bicyclic) bond motifs is 3. The normalized spacial score (nSPS) is 27.0. The summed E-state index contributed by atoms with van der Waals surface area (Å²) < 4.78 is 41.0. The van der Waals surface area contributed by atoms with E-state index < -0.39 is 5.54 Å². The highest BCUT2D eigenvalue weighted by Crippen LogP contribution is 2.53. The van der Waals surface area contributed by atoms with E-state index in [0.717, 1.165) is 31.5 Å². The highest BCUT2D eigenvalue weighted by Gasteiger charge is 2.46. The van der Waals surface area contributed by atoms with Crippen LogP contribution < -0.4 is 9.47 Å². The second kappa shape index (κ2) is 6.20. The number of likely N-dealkylation sites (tertiary alicyclic amines) is 1. The number of nitrogens with zero attached hydrogens (tertiary/aromatic N) is 1. The zero-order valence-electron chi connectivity index (χ0n) is 15.4. The molecule has 2 aliphatic heterocycles. The van der Waals surface area contributed by atoms with Crippen molar-refractivity contribution in [3.05, 3.63) is 58.7 Å². The molecule has 1 saturated heterocycles. The van der Waals surface area contributed by atoms with Gasteiger partial charge in [0.05, 0.1) is 0 Å². The fourth-order valence-corrected chi connectivity index (χ4v) is 5.28. The molecule has 3 aliphatic rings. The highest BCUT2D eigenvalue weighted by molar-refractivity contribution is 5.57. The van der Waals surface area contributed by atoms with Gasteiger partial charge in [0.1, 0.15) is 11.6 Å². The van der Waals surface area contributed by atoms with Crippen LogP contribution in [0.1, 0.15) is 48.8 Å². The second-order valence-electron chi connectivity index (χ2n) is 8.04. The van der Waals surface area contributed by atoms with Crippen LogP contribution in [0.5, 0.6) is 11.5 Å². The summed E-state index contributed by atoms with van der Waals surface area (Å²) in [6, 6.07) is 8.40. The molecule has 2 heterocycles. The first kappa shape index (κ1) is 17.0. The van der Waals surface area contributed by atoms with E-state index in [1.54, 1.807) is 6.07 Å². The Morgan fingerprint density at radius 3 is 2.63 bits per heavy atom. The maximum Gasteiger partial charge on any atom is 0.231 e. The molecule has 0 amide bonds. The Hall–Kier alpha value is -2.14. The Morgan fingerprint density at radius 2 is 1.85 bits per heavy atom. The highest BCUT2D eigenvalue weighted by atomic mass is 19.1. The maximum absolute atomic E-state index is 15.2. The van der Waals surface area contributed by atoms with Crippen LogP contribution in [0.15, 0.2) is 30.3 Å². The van der Waals surface area contributed by atoms with Gasteiger partial charge in [0.15, 0.2) is 11.5 Å². The van der Waals surface area contributed by atoms with Gasteiger partial charge in [-0.15, -0.1) is 0 Å². The van der Waals surface area contributed by atoms with Crippen LogP contribution in [0, 0.1) is 11.6 Å². The largest absolute Gasteiger partial charge is 0.453 e. The SMILES string of the molecule is CC1(N2CCCC2)CC(c2ccccc2F)Cc2c3c(cc(F)c21)OCO3. The van der Waals surface area contributed by atoms with E-state index in [0.29, 0.717) is 35.5 Å². The molecular formula is C22H23F2NO2. The van der Waals surface area contributed by atoms with E-state index in [-0.39, 0.29) is 24.3 Å². The average Bonchev–Trinajstić information content (AvgIpc) is 3.33. The monoisotopic (exact) mass is 371 g/mol. The minimum Gasteiger partial charge on any atom is -0.453 e. The number of benzene rings is 2. The van der Waals surface area contributed by atoms with Crippen LogP contribution in [-0.4, -0.2) is 24.8 Å². The average molecular weight is 371 g/mol. The zero-order chi connectivity index (χ0) is 18.6. The smallest absolute Gasteiger partial charge is 0.231 e. The first-order chi connectivity index (χ1) is 13.1. The molecule has 0 N–H and O–H groups in total. The van der Waals surface area contributed by atoms with Crippen LogP contribution in [0.4, 0.5) is 8.78 Å². The van der Waals surface area contributed by atoms with E-state index in [2.05, 4.69) is 11.8 Å². The number of rotatable bonds is 2. The molecule has 27 heavy (non-hydrogen) atoms. The standard InChI is InChI=1S/C22H23F2NO2/c1-22(25-8-4-5-9-25)12-14(15-6-2-3-7-17(15)23)10-16-20(22)18(24)11-19-21(16)27-13-26-19/h2-3,6-7,11,14H,4-5,8-10,12-13H2,1H3. The Labute approximate surface area is 157 Å². The van der Waals surface area contributed by atoms with Crippen LogP contribution >= 0.6 is 0 Å². The first-order valence-electron chi connectivity index (χ1n) is 9.69. The summed E-state index contributed by atoms with van der Waals surface area (Å²) in [6.07, 6.45) is 3.48. The Morgan fingerprint density at radius 1 is 1.07 bits per heavy atom. The van der Waals surface area contributed by atoms with Crippen molar-refractivity contribution in [2.24, 2.45) is 0 Å². The van der Waals surface area contributed by atoms with Gasteiger partial charge in [-0.3, -0.25) is 4.90 Å². The predicted octanol–water partition coefficient (Wildman–Crippen LogP) is 4.73. The Balaban J connectivity index is 1.69. The third kappa shape index (κ3) is 2.55. The molecule has 142 valence electrons. The van der Waals surface area contributed by atoms with Gasteiger partial charge in [0, 0.05) is 22.7 Å². The van der Waals surface area contributed by atoms with Gasteiger partial charge in [0.25, 0.3) is 0 Å². The van der Waals surface area contributed by atoms with Crippen LogP contribution in [0.2, 0.25) is 0 Å². The predicted molar refractivity (Wildman–Crippen MR) is 98.1 cm³/mol. The lowest BCUT2D eigenvalue weighted by Crippen LogP contribution is -2.47. The number of hydrogen-bond acceptors (Lipinski definition) is 3. The molecule has 3 nitrogen and oxygen atoms in total. The van der Waals surface area contributed by atoms with Crippen LogP contribution in [0.3, 0.4) is 0 Å². The van der Waals surface area contributed by atoms with Crippen molar-refractivity contribution in [3.63, 3.8) is 0 Å². The van der Waals surface area contributed by atoms with E-state index >= 15 is 4.39 Å². The van der Waals surface area contributed by atoms with E-state index in [9.17, 15) is 4.39 Å². The van der Waals surface area contributed by atoms with Gasteiger partial charge in [-0.2, -0.15) is 0 Å². The molecule has 5 heteroatoms. The number of ether oxygens (including phenoxy) is 2. The van der Waals surface area contributed by atoms with Crippen molar-refractivity contribution in [3.8, 4) is 11.5 Å². The molecule has 0 aromatic heterocycles. The van der Waals surface area contributed by atoms with E-state index in [1.807, 2.05) is 12.1 Å². The topological polar surface area (TPSA) is 21.7 Å². The van der Waals surface area contributed by atoms with Crippen molar-refractivity contribution in [1.29, 1.82) is 0 Å². The van der Waals surface area contributed by atoms with E-state index in [1.165, 1.54) is 12.1 Å². The van der Waals surface area contributed by atoms with Crippen molar-refractivity contribution >= 4 is 0 Å². The van der Waals surface area contributed by atoms with E-state index in [4.69, 9.17) is 9.47 Å². The third-order valence-corrected chi connectivity index (χ3v) is 6.50. The molecule has 0 bridgehead atoms. The lowest BCUT2D eigenvalue weighted by molar-refractivity contribution is 0.0990. The minimum absolute atomic E-state index is 0.0283. The van der Waals surface area contributed by atoms with Crippen LogP contribution in [0.25, 0.3) is 0 Å². The maximum atomic E-state index is 15.2. The van der Waals surface area contributed by atoms with Crippen molar-refractivity contribution < 1.29 is 18.3 Å². The fourth-order valence-electron chi connectivity index (χ4n) is 5.28. The quantitative estimate of drug-likeness (QED) is 0.761. The van der Waals surface area contributed by atoms with Crippen molar-refractivity contribution in [1.82, 2.24) is 4.90 Å². The third-order valence-electron chi connectivity index (χ3n) is 6.50. The molecule has 2 aromatic rings. The molecule has 0 radical (unpaired) electrons. The summed E-state index contributed by atoms with van der Waals surface area (Å²) in [5.41, 5.74) is 1.77. The summed E-state index contributed by atoms with van der Waals surface area (Å²) in [5.74, 6) is 0.636. The lowest BCUT2D eigenvalue weighted by Gasteiger charge is -2.46. The summed E-state index contributed by atoms with van der Waals surface area (Å²) in [6.45, 7) is 4.09. The molecule has 5 rings (SSSR count). The summed E-state index contributed by atoms with van der Waals surface area (Å²) in [4.78, 5) is 2.37. The molecule has 2 aromatic carbocycles.